The average Bonchev–Trinajstić information content (AvgIpc) is 3.07. The monoisotopic (exact) mass is 361 g/mol. The molecule has 3 N–H and O–H groups in total. The van der Waals surface area contributed by atoms with Gasteiger partial charge in [-0.1, -0.05) is 5.16 Å². The first kappa shape index (κ1) is 18.1. The van der Waals surface area contributed by atoms with Gasteiger partial charge in [0.05, 0.1) is 0 Å². The summed E-state index contributed by atoms with van der Waals surface area (Å²) >= 11 is 0. The minimum atomic E-state index is -1.03. The number of aliphatic hydroxyl groups excluding tert-OH is 1. The van der Waals surface area contributed by atoms with Crippen LogP contribution in [0.5, 0.6) is 0 Å². The van der Waals surface area contributed by atoms with Crippen LogP contribution in [0.15, 0.2) is 28.8 Å². The topological polar surface area (TPSA) is 110 Å². The molecule has 0 radical (unpaired) electrons. The Morgan fingerprint density at radius 3 is 2.46 bits per heavy atom. The van der Waals surface area contributed by atoms with E-state index in [1.165, 1.54) is 31.2 Å². The van der Waals surface area contributed by atoms with Crippen molar-refractivity contribution in [1.82, 2.24) is 10.1 Å². The van der Waals surface area contributed by atoms with Gasteiger partial charge in [-0.25, -0.2) is 4.39 Å². The summed E-state index contributed by atoms with van der Waals surface area (Å²) in [4.78, 5) is 25.9. The lowest BCUT2D eigenvalue weighted by Crippen LogP contribution is -2.42. The van der Waals surface area contributed by atoms with Gasteiger partial charge in [0.1, 0.15) is 23.2 Å². The van der Waals surface area contributed by atoms with E-state index in [1.807, 2.05) is 0 Å². The van der Waals surface area contributed by atoms with E-state index in [4.69, 9.17) is 10.3 Å². The molecular formula is C18H20FN3O4. The van der Waals surface area contributed by atoms with Crippen LogP contribution in [-0.2, 0) is 4.79 Å². The fourth-order valence-electron chi connectivity index (χ4n) is 3.12. The largest absolute Gasteiger partial charge is 0.385 e. The number of likely N-dealkylation sites (tertiary alicyclic amines) is 1. The highest BCUT2D eigenvalue weighted by Gasteiger charge is 2.32. The fourth-order valence-corrected chi connectivity index (χ4v) is 3.12. The molecule has 1 aromatic heterocycles. The van der Waals surface area contributed by atoms with E-state index in [0.29, 0.717) is 31.5 Å². The van der Waals surface area contributed by atoms with Gasteiger partial charge in [0, 0.05) is 24.6 Å². The van der Waals surface area contributed by atoms with E-state index in [1.54, 1.807) is 4.90 Å². The Kier molecular flexibility index (Phi) is 5.03. The molecule has 1 aromatic carbocycles. The van der Waals surface area contributed by atoms with Crippen LogP contribution in [0.3, 0.4) is 0 Å². The summed E-state index contributed by atoms with van der Waals surface area (Å²) in [5.74, 6) is -1.29. The number of aliphatic hydroxyl groups is 1. The van der Waals surface area contributed by atoms with Crippen molar-refractivity contribution in [1.29, 1.82) is 0 Å². The van der Waals surface area contributed by atoms with Crippen molar-refractivity contribution < 1.29 is 23.6 Å². The van der Waals surface area contributed by atoms with E-state index in [-0.39, 0.29) is 34.7 Å². The zero-order chi connectivity index (χ0) is 18.8. The number of carbonyl (C=O) groups is 2. The zero-order valence-electron chi connectivity index (χ0n) is 14.3. The zero-order valence-corrected chi connectivity index (χ0v) is 14.3. The van der Waals surface area contributed by atoms with Crippen molar-refractivity contribution in [3.63, 3.8) is 0 Å². The minimum absolute atomic E-state index is 0.0614. The van der Waals surface area contributed by atoms with Crippen molar-refractivity contribution in [3.05, 3.63) is 41.4 Å². The predicted octanol–water partition coefficient (Wildman–Crippen LogP) is 1.87. The third kappa shape index (κ3) is 3.45. The lowest BCUT2D eigenvalue weighted by molar-refractivity contribution is -0.123. The molecule has 1 fully saturated rings. The molecule has 2 aromatic rings. The highest BCUT2D eigenvalue weighted by molar-refractivity contribution is 6.01. The van der Waals surface area contributed by atoms with E-state index < -0.39 is 11.9 Å². The highest BCUT2D eigenvalue weighted by atomic mass is 19.1. The van der Waals surface area contributed by atoms with Gasteiger partial charge in [0.2, 0.25) is 5.91 Å². The molecule has 7 nitrogen and oxygen atoms in total. The number of piperidine rings is 1. The summed E-state index contributed by atoms with van der Waals surface area (Å²) in [5, 5.41) is 13.9. The third-order valence-electron chi connectivity index (χ3n) is 4.61. The first-order valence-electron chi connectivity index (χ1n) is 8.40. The molecule has 0 spiro atoms. The van der Waals surface area contributed by atoms with Gasteiger partial charge in [0.15, 0.2) is 5.76 Å². The Hall–Kier alpha value is -2.74. The molecule has 2 amide bonds. The van der Waals surface area contributed by atoms with Crippen LogP contribution in [0.1, 0.15) is 42.0 Å². The number of aromatic nitrogens is 1. The molecule has 0 bridgehead atoms. The average molecular weight is 361 g/mol. The maximum absolute atomic E-state index is 13.2. The smallest absolute Gasteiger partial charge is 0.259 e. The minimum Gasteiger partial charge on any atom is -0.385 e. The van der Waals surface area contributed by atoms with Crippen LogP contribution >= 0.6 is 0 Å². The van der Waals surface area contributed by atoms with E-state index in [0.717, 1.165) is 0 Å². The molecule has 0 aliphatic carbocycles. The number of benzene rings is 1. The first-order valence-corrected chi connectivity index (χ1v) is 8.40. The Balaban J connectivity index is 1.92. The Morgan fingerprint density at radius 1 is 1.31 bits per heavy atom. The van der Waals surface area contributed by atoms with Gasteiger partial charge in [-0.3, -0.25) is 9.59 Å². The van der Waals surface area contributed by atoms with Crippen LogP contribution in [0.25, 0.3) is 11.3 Å². The molecular weight excluding hydrogens is 341 g/mol. The number of rotatable bonds is 4. The summed E-state index contributed by atoms with van der Waals surface area (Å²) in [6, 6.07) is 5.52. The number of hydrogen-bond donors (Lipinski definition) is 2. The van der Waals surface area contributed by atoms with Crippen molar-refractivity contribution >= 4 is 11.8 Å². The number of halogens is 1. The SMILES string of the molecule is CC(O)c1onc(-c2ccc(F)cc2)c1C(=O)N1CCC(C(N)=O)CC1. The molecule has 8 heteroatoms. The van der Waals surface area contributed by atoms with Crippen molar-refractivity contribution in [2.24, 2.45) is 11.7 Å². The van der Waals surface area contributed by atoms with E-state index >= 15 is 0 Å². The van der Waals surface area contributed by atoms with Crippen LogP contribution < -0.4 is 5.73 Å². The van der Waals surface area contributed by atoms with Crippen molar-refractivity contribution in [2.75, 3.05) is 13.1 Å². The second-order valence-corrected chi connectivity index (χ2v) is 6.42. The molecule has 1 aliphatic heterocycles. The third-order valence-corrected chi connectivity index (χ3v) is 4.61. The number of carbonyl (C=O) groups excluding carboxylic acids is 2. The molecule has 138 valence electrons. The summed E-state index contributed by atoms with van der Waals surface area (Å²) < 4.78 is 18.4. The summed E-state index contributed by atoms with van der Waals surface area (Å²) in [6.45, 7) is 2.23. The molecule has 3 rings (SSSR count). The number of nitrogens with zero attached hydrogens (tertiary/aromatic N) is 2. The number of nitrogens with two attached hydrogens (primary N) is 1. The van der Waals surface area contributed by atoms with E-state index in [2.05, 4.69) is 5.16 Å². The summed E-state index contributed by atoms with van der Waals surface area (Å²) in [5.41, 5.74) is 6.25. The second kappa shape index (κ2) is 7.25. The van der Waals surface area contributed by atoms with Crippen molar-refractivity contribution in [2.45, 2.75) is 25.9 Å². The number of amides is 2. The Labute approximate surface area is 149 Å². The molecule has 0 saturated carbocycles. The molecule has 26 heavy (non-hydrogen) atoms. The second-order valence-electron chi connectivity index (χ2n) is 6.42. The molecule has 1 unspecified atom stereocenters. The maximum atomic E-state index is 13.2. The fraction of sp³-hybridized carbons (Fsp3) is 0.389. The quantitative estimate of drug-likeness (QED) is 0.864. The Morgan fingerprint density at radius 2 is 1.92 bits per heavy atom. The molecule has 1 atom stereocenters. The summed E-state index contributed by atoms with van der Waals surface area (Å²) in [7, 11) is 0. The Bertz CT molecular complexity index is 808. The lowest BCUT2D eigenvalue weighted by Gasteiger charge is -2.30. The highest BCUT2D eigenvalue weighted by Crippen LogP contribution is 2.31. The molecule has 1 aliphatic rings. The molecule has 1 saturated heterocycles. The normalized spacial score (nSPS) is 16.5. The van der Waals surface area contributed by atoms with Crippen LogP contribution in [-0.4, -0.2) is 40.1 Å². The maximum Gasteiger partial charge on any atom is 0.259 e. The lowest BCUT2D eigenvalue weighted by atomic mass is 9.95. The van der Waals surface area contributed by atoms with Gasteiger partial charge in [-0.05, 0) is 44.0 Å². The summed E-state index contributed by atoms with van der Waals surface area (Å²) in [6.07, 6.45) is -0.0522. The van der Waals surface area contributed by atoms with Gasteiger partial charge in [0.25, 0.3) is 5.91 Å². The number of primary amides is 1. The van der Waals surface area contributed by atoms with Crippen LogP contribution in [0, 0.1) is 11.7 Å². The molecule has 2 heterocycles. The van der Waals surface area contributed by atoms with Crippen molar-refractivity contribution in [3.8, 4) is 11.3 Å². The predicted molar refractivity (Wildman–Crippen MR) is 90.4 cm³/mol. The number of hydrogen-bond acceptors (Lipinski definition) is 5. The van der Waals surface area contributed by atoms with Gasteiger partial charge >= 0.3 is 0 Å². The van der Waals surface area contributed by atoms with Crippen LogP contribution in [0.2, 0.25) is 0 Å². The van der Waals surface area contributed by atoms with Crippen LogP contribution in [0.4, 0.5) is 4.39 Å². The van der Waals surface area contributed by atoms with E-state index in [9.17, 15) is 19.1 Å². The van der Waals surface area contributed by atoms with Gasteiger partial charge in [-0.15, -0.1) is 0 Å². The van der Waals surface area contributed by atoms with Gasteiger partial charge < -0.3 is 20.3 Å². The standard InChI is InChI=1S/C18H20FN3O4/c1-10(23)16-14(15(21-26-16)11-2-4-13(19)5-3-11)18(25)22-8-6-12(7-9-22)17(20)24/h2-5,10,12,23H,6-9H2,1H3,(H2,20,24). The first-order chi connectivity index (χ1) is 12.4. The van der Waals surface area contributed by atoms with Gasteiger partial charge in [-0.2, -0.15) is 0 Å².